The Labute approximate surface area is 62.9 Å². The Bertz CT molecular complexity index is 69.3. The molecule has 0 aromatic carbocycles. The molecule has 0 radical (unpaired) electrons. The molecule has 62 valence electrons. The van der Waals surface area contributed by atoms with Crippen LogP contribution in [0.5, 0.6) is 0 Å². The normalized spacial score (nSPS) is 14.1. The fourth-order valence-electron chi connectivity index (χ4n) is 0.917. The van der Waals surface area contributed by atoms with Crippen molar-refractivity contribution in [3.05, 3.63) is 0 Å². The van der Waals surface area contributed by atoms with E-state index in [1.54, 1.807) is 0 Å². The lowest BCUT2D eigenvalue weighted by atomic mass is 10.00. The summed E-state index contributed by atoms with van der Waals surface area (Å²) < 4.78 is 0. The zero-order valence-electron chi connectivity index (χ0n) is 6.72. The maximum absolute atomic E-state index is 5.49. The van der Waals surface area contributed by atoms with E-state index in [9.17, 15) is 0 Å². The van der Waals surface area contributed by atoms with Gasteiger partial charge in [0, 0.05) is 0 Å². The van der Waals surface area contributed by atoms with Crippen molar-refractivity contribution in [1.82, 2.24) is 0 Å². The molecule has 0 saturated carbocycles. The van der Waals surface area contributed by atoms with E-state index in [1.165, 1.54) is 0 Å². The molecule has 0 heterocycles. The molecule has 0 saturated heterocycles. The maximum Gasteiger partial charge on any atom is 0.0520 e. The average Bonchev–Trinajstić information content (AvgIpc) is 1.90. The van der Waals surface area contributed by atoms with Crippen molar-refractivity contribution in [3.63, 3.8) is 0 Å². The van der Waals surface area contributed by atoms with Gasteiger partial charge in [-0.1, -0.05) is 13.3 Å². The minimum Gasteiger partial charge on any atom is -0.330 e. The van der Waals surface area contributed by atoms with Crippen molar-refractivity contribution < 1.29 is 0 Å². The third-order valence-corrected chi connectivity index (χ3v) is 1.82. The smallest absolute Gasteiger partial charge is 0.0520 e. The van der Waals surface area contributed by atoms with E-state index >= 15 is 0 Å². The summed E-state index contributed by atoms with van der Waals surface area (Å²) in [4.78, 5) is 0. The van der Waals surface area contributed by atoms with Gasteiger partial charge in [0.25, 0.3) is 0 Å². The van der Waals surface area contributed by atoms with Crippen molar-refractivity contribution >= 4 is 0 Å². The summed E-state index contributed by atoms with van der Waals surface area (Å²) in [5, 5.41) is 0. The van der Waals surface area contributed by atoms with Gasteiger partial charge >= 0.3 is 0 Å². The Balaban J connectivity index is 3.26. The summed E-state index contributed by atoms with van der Waals surface area (Å²) in [6.07, 6.45) is 2.91. The molecule has 6 N–H and O–H groups in total. The van der Waals surface area contributed by atoms with Crippen molar-refractivity contribution in [2.45, 2.75) is 32.4 Å². The highest BCUT2D eigenvalue weighted by atomic mass is 14.8. The van der Waals surface area contributed by atoms with Crippen LogP contribution >= 0.6 is 0 Å². The Morgan fingerprint density at radius 3 is 2.10 bits per heavy atom. The fourth-order valence-corrected chi connectivity index (χ4v) is 0.917. The van der Waals surface area contributed by atoms with Gasteiger partial charge in [0.05, 0.1) is 6.17 Å². The predicted molar refractivity (Wildman–Crippen MR) is 44.2 cm³/mol. The monoisotopic (exact) mass is 145 g/mol. The van der Waals surface area contributed by atoms with Gasteiger partial charge in [0.15, 0.2) is 0 Å². The number of hydrogen-bond acceptors (Lipinski definition) is 3. The highest BCUT2D eigenvalue weighted by molar-refractivity contribution is 4.60. The van der Waals surface area contributed by atoms with Crippen molar-refractivity contribution in [2.24, 2.45) is 23.1 Å². The first kappa shape index (κ1) is 9.88. The third kappa shape index (κ3) is 4.73. The summed E-state index contributed by atoms with van der Waals surface area (Å²) >= 11 is 0. The Hall–Kier alpha value is -0.120. The zero-order chi connectivity index (χ0) is 7.98. The average molecular weight is 145 g/mol. The Kier molecular flexibility index (Phi) is 5.58. The lowest BCUT2D eigenvalue weighted by Gasteiger charge is -2.12. The van der Waals surface area contributed by atoms with Gasteiger partial charge in [0.1, 0.15) is 0 Å². The molecule has 0 spiro atoms. The summed E-state index contributed by atoms with van der Waals surface area (Å²) in [6, 6.07) is 0. The van der Waals surface area contributed by atoms with Crippen molar-refractivity contribution in [2.75, 3.05) is 6.54 Å². The molecular formula is C7H19N3. The minimum absolute atomic E-state index is 0.166. The number of nitrogens with two attached hydrogens (primary N) is 3. The molecular weight excluding hydrogens is 126 g/mol. The standard InChI is InChI=1S/C7H19N3/c1-2-6(5-8)3-4-7(9)10/h6-7H,2-5,8-10H2,1H3. The third-order valence-electron chi connectivity index (χ3n) is 1.82. The molecule has 10 heavy (non-hydrogen) atoms. The molecule has 3 nitrogen and oxygen atoms in total. The van der Waals surface area contributed by atoms with Gasteiger partial charge in [-0.15, -0.1) is 0 Å². The summed E-state index contributed by atoms with van der Waals surface area (Å²) in [5.74, 6) is 0.606. The van der Waals surface area contributed by atoms with E-state index < -0.39 is 0 Å². The highest BCUT2D eigenvalue weighted by Gasteiger charge is 2.04. The first-order chi connectivity index (χ1) is 4.70. The van der Waals surface area contributed by atoms with E-state index in [2.05, 4.69) is 6.92 Å². The van der Waals surface area contributed by atoms with Crippen LogP contribution in [-0.4, -0.2) is 12.7 Å². The molecule has 0 aromatic rings. The topological polar surface area (TPSA) is 78.1 Å². The molecule has 0 aromatic heterocycles. The molecule has 0 rings (SSSR count). The number of hydrogen-bond donors (Lipinski definition) is 3. The first-order valence-electron chi connectivity index (χ1n) is 3.92. The summed E-state index contributed by atoms with van der Waals surface area (Å²) in [7, 11) is 0. The van der Waals surface area contributed by atoms with Crippen molar-refractivity contribution in [1.29, 1.82) is 0 Å². The quantitative estimate of drug-likeness (QED) is 0.476. The van der Waals surface area contributed by atoms with Gasteiger partial charge in [-0.05, 0) is 25.3 Å². The van der Waals surface area contributed by atoms with Crippen LogP contribution in [0.2, 0.25) is 0 Å². The molecule has 3 heteroatoms. The Morgan fingerprint density at radius 2 is 1.80 bits per heavy atom. The minimum atomic E-state index is -0.166. The Morgan fingerprint density at radius 1 is 1.20 bits per heavy atom. The lowest BCUT2D eigenvalue weighted by Crippen LogP contribution is -2.31. The van der Waals surface area contributed by atoms with Gasteiger partial charge in [-0.2, -0.15) is 0 Å². The second kappa shape index (κ2) is 5.65. The van der Waals surface area contributed by atoms with Gasteiger partial charge < -0.3 is 17.2 Å². The molecule has 0 aliphatic rings. The van der Waals surface area contributed by atoms with Crippen molar-refractivity contribution in [3.8, 4) is 0 Å². The molecule has 0 aliphatic heterocycles. The number of rotatable bonds is 5. The molecule has 0 fully saturated rings. The van der Waals surface area contributed by atoms with Crippen LogP contribution in [-0.2, 0) is 0 Å². The lowest BCUT2D eigenvalue weighted by molar-refractivity contribution is 0.438. The van der Waals surface area contributed by atoms with Crippen LogP contribution in [0.25, 0.3) is 0 Å². The SMILES string of the molecule is CCC(CN)CCC(N)N. The van der Waals surface area contributed by atoms with E-state index in [4.69, 9.17) is 17.2 Å². The van der Waals surface area contributed by atoms with Crippen LogP contribution < -0.4 is 17.2 Å². The summed E-state index contributed by atoms with van der Waals surface area (Å²) in [5.41, 5.74) is 16.3. The van der Waals surface area contributed by atoms with Crippen LogP contribution in [0.1, 0.15) is 26.2 Å². The van der Waals surface area contributed by atoms with Crippen LogP contribution in [0, 0.1) is 5.92 Å². The fraction of sp³-hybridized carbons (Fsp3) is 1.00. The molecule has 0 bridgehead atoms. The largest absolute Gasteiger partial charge is 0.330 e. The van der Waals surface area contributed by atoms with Crippen LogP contribution in [0.15, 0.2) is 0 Å². The molecule has 1 atom stereocenters. The van der Waals surface area contributed by atoms with Gasteiger partial charge in [0.2, 0.25) is 0 Å². The van der Waals surface area contributed by atoms with E-state index in [1.807, 2.05) is 0 Å². The molecule has 0 amide bonds. The zero-order valence-corrected chi connectivity index (χ0v) is 6.72. The van der Waals surface area contributed by atoms with Crippen LogP contribution in [0.4, 0.5) is 0 Å². The van der Waals surface area contributed by atoms with Gasteiger partial charge in [-0.3, -0.25) is 0 Å². The highest BCUT2D eigenvalue weighted by Crippen LogP contribution is 2.08. The van der Waals surface area contributed by atoms with Crippen LogP contribution in [0.3, 0.4) is 0 Å². The summed E-state index contributed by atoms with van der Waals surface area (Å²) in [6.45, 7) is 2.89. The van der Waals surface area contributed by atoms with E-state index in [0.717, 1.165) is 25.8 Å². The molecule has 0 aliphatic carbocycles. The second-order valence-corrected chi connectivity index (χ2v) is 2.75. The van der Waals surface area contributed by atoms with Gasteiger partial charge in [-0.25, -0.2) is 0 Å². The maximum atomic E-state index is 5.49. The van der Waals surface area contributed by atoms with E-state index in [-0.39, 0.29) is 6.17 Å². The first-order valence-corrected chi connectivity index (χ1v) is 3.92. The predicted octanol–water partition coefficient (Wildman–Crippen LogP) is -0.00500. The second-order valence-electron chi connectivity index (χ2n) is 2.75. The van der Waals surface area contributed by atoms with E-state index in [0.29, 0.717) is 5.92 Å². The molecule has 1 unspecified atom stereocenters.